The molecular weight excluding hydrogens is 579 g/mol. The number of carbonyl (C=O) groups excluding carboxylic acids is 2. The summed E-state index contributed by atoms with van der Waals surface area (Å²) in [6.45, 7) is 4.24. The topological polar surface area (TPSA) is 99.2 Å². The third kappa shape index (κ3) is 7.73. The van der Waals surface area contributed by atoms with Crippen molar-refractivity contribution in [2.24, 2.45) is 0 Å². The van der Waals surface area contributed by atoms with Crippen LogP contribution in [-0.4, -0.2) is 28.4 Å². The Morgan fingerprint density at radius 2 is 1.59 bits per heavy atom. The maximum absolute atomic E-state index is 13.7. The Kier molecular flexibility index (Phi) is 11.0. The lowest BCUT2D eigenvalue weighted by atomic mass is 9.96. The van der Waals surface area contributed by atoms with Crippen molar-refractivity contribution in [3.63, 3.8) is 0 Å². The normalized spacial score (nSPS) is 11.3. The van der Waals surface area contributed by atoms with Gasteiger partial charge in [0.05, 0.1) is 17.5 Å². The molecule has 0 aliphatic carbocycles. The SMILES string of the molecule is CCCCCCCCCCCCOC(=O)n1nc(N)c2c(-c3ccc4c(C(=O)Nc5ccc(F)c(C)c5)cccc4c3)cccc21. The molecular formula is C38H43FN4O3. The van der Waals surface area contributed by atoms with E-state index in [0.29, 0.717) is 34.3 Å². The first-order valence-corrected chi connectivity index (χ1v) is 16.4. The summed E-state index contributed by atoms with van der Waals surface area (Å²) in [6.07, 6.45) is 11.5. The Morgan fingerprint density at radius 3 is 2.33 bits per heavy atom. The number of nitrogens with zero attached hydrogens (tertiary/aromatic N) is 2. The molecule has 0 fully saturated rings. The molecule has 7 nitrogen and oxygen atoms in total. The zero-order valence-corrected chi connectivity index (χ0v) is 26.8. The van der Waals surface area contributed by atoms with Gasteiger partial charge in [-0.1, -0.05) is 101 Å². The van der Waals surface area contributed by atoms with Crippen LogP contribution in [0.25, 0.3) is 32.8 Å². The molecule has 5 aromatic rings. The third-order valence-electron chi connectivity index (χ3n) is 8.48. The molecule has 0 aliphatic heterocycles. The highest BCUT2D eigenvalue weighted by Gasteiger charge is 2.19. The van der Waals surface area contributed by atoms with E-state index < -0.39 is 6.09 Å². The summed E-state index contributed by atoms with van der Waals surface area (Å²) >= 11 is 0. The molecule has 4 aromatic carbocycles. The van der Waals surface area contributed by atoms with Gasteiger partial charge in [0, 0.05) is 11.3 Å². The number of anilines is 2. The molecule has 1 amide bonds. The molecule has 0 saturated carbocycles. The standard InChI is InChI=1S/C38H43FN4O3/c1-3-4-5-6-7-8-9-10-11-12-23-46-38(45)43-34-18-14-16-31(35(34)36(40)42-43)28-19-21-30-27(25-28)15-13-17-32(30)37(44)41-29-20-22-33(39)26(2)24-29/h13-22,24-25H,3-12,23H2,1-2H3,(H2,40,42)(H,41,44). The molecule has 0 aliphatic rings. The monoisotopic (exact) mass is 622 g/mol. The van der Waals surface area contributed by atoms with Crippen LogP contribution in [0.4, 0.5) is 20.7 Å². The van der Waals surface area contributed by atoms with Gasteiger partial charge in [-0.05, 0) is 77.2 Å². The maximum Gasteiger partial charge on any atom is 0.435 e. The van der Waals surface area contributed by atoms with Crippen molar-refractivity contribution in [2.45, 2.75) is 78.1 Å². The van der Waals surface area contributed by atoms with E-state index in [-0.39, 0.29) is 17.5 Å². The van der Waals surface area contributed by atoms with Crippen LogP contribution < -0.4 is 11.1 Å². The molecule has 0 unspecified atom stereocenters. The smallest absolute Gasteiger partial charge is 0.435 e. The van der Waals surface area contributed by atoms with Gasteiger partial charge < -0.3 is 15.8 Å². The van der Waals surface area contributed by atoms with Crippen LogP contribution in [0, 0.1) is 12.7 Å². The van der Waals surface area contributed by atoms with Gasteiger partial charge in [-0.25, -0.2) is 9.18 Å². The first-order valence-electron chi connectivity index (χ1n) is 16.4. The number of halogens is 1. The van der Waals surface area contributed by atoms with Crippen molar-refractivity contribution in [1.82, 2.24) is 9.78 Å². The van der Waals surface area contributed by atoms with Gasteiger partial charge in [-0.15, -0.1) is 5.10 Å². The number of nitrogen functional groups attached to an aromatic ring is 1. The van der Waals surface area contributed by atoms with E-state index in [1.165, 1.54) is 55.7 Å². The summed E-state index contributed by atoms with van der Waals surface area (Å²) < 4.78 is 20.5. The van der Waals surface area contributed by atoms with Crippen LogP contribution in [0.3, 0.4) is 0 Å². The number of hydrogen-bond acceptors (Lipinski definition) is 5. The Bertz CT molecular complexity index is 1830. The van der Waals surface area contributed by atoms with Crippen molar-refractivity contribution >= 4 is 45.2 Å². The molecule has 46 heavy (non-hydrogen) atoms. The Labute approximate surface area is 269 Å². The number of carbonyl (C=O) groups is 2. The highest BCUT2D eigenvalue weighted by atomic mass is 19.1. The number of hydrogen-bond donors (Lipinski definition) is 2. The van der Waals surface area contributed by atoms with Gasteiger partial charge in [0.1, 0.15) is 5.82 Å². The zero-order valence-electron chi connectivity index (χ0n) is 26.8. The van der Waals surface area contributed by atoms with Crippen molar-refractivity contribution in [3.05, 3.63) is 89.7 Å². The lowest BCUT2D eigenvalue weighted by Gasteiger charge is -2.11. The van der Waals surface area contributed by atoms with Gasteiger partial charge >= 0.3 is 6.09 Å². The number of aryl methyl sites for hydroxylation is 1. The number of unbranched alkanes of at least 4 members (excludes halogenated alkanes) is 9. The number of ether oxygens (including phenoxy) is 1. The summed E-state index contributed by atoms with van der Waals surface area (Å²) in [6, 6.07) is 21.4. The molecule has 0 saturated heterocycles. The van der Waals surface area contributed by atoms with Gasteiger partial charge in [0.2, 0.25) is 0 Å². The fraction of sp³-hybridized carbons (Fsp3) is 0.342. The van der Waals surface area contributed by atoms with Gasteiger partial charge in [-0.2, -0.15) is 4.68 Å². The highest BCUT2D eigenvalue weighted by molar-refractivity contribution is 6.14. The number of aromatic nitrogens is 2. The van der Waals surface area contributed by atoms with Crippen molar-refractivity contribution in [3.8, 4) is 11.1 Å². The maximum atomic E-state index is 13.7. The lowest BCUT2D eigenvalue weighted by Crippen LogP contribution is -2.16. The molecule has 5 rings (SSSR count). The van der Waals surface area contributed by atoms with E-state index in [1.807, 2.05) is 48.5 Å². The minimum atomic E-state index is -0.541. The van der Waals surface area contributed by atoms with Crippen LogP contribution in [0.2, 0.25) is 0 Å². The highest BCUT2D eigenvalue weighted by Crippen LogP contribution is 2.35. The van der Waals surface area contributed by atoms with E-state index in [0.717, 1.165) is 41.2 Å². The molecule has 1 aromatic heterocycles. The number of fused-ring (bicyclic) bond motifs is 2. The molecule has 8 heteroatoms. The van der Waals surface area contributed by atoms with Crippen molar-refractivity contribution in [2.75, 3.05) is 17.7 Å². The van der Waals surface area contributed by atoms with Crippen molar-refractivity contribution in [1.29, 1.82) is 0 Å². The number of benzene rings is 4. The van der Waals surface area contributed by atoms with E-state index >= 15 is 0 Å². The van der Waals surface area contributed by atoms with E-state index in [1.54, 1.807) is 25.1 Å². The molecule has 1 heterocycles. The average Bonchev–Trinajstić information content (AvgIpc) is 3.41. The van der Waals surface area contributed by atoms with Crippen LogP contribution in [-0.2, 0) is 4.74 Å². The quantitative estimate of drug-likeness (QED) is 0.120. The second-order valence-electron chi connectivity index (χ2n) is 12.0. The van der Waals surface area contributed by atoms with Gasteiger partial charge in [0.15, 0.2) is 5.82 Å². The van der Waals surface area contributed by atoms with Crippen LogP contribution in [0.15, 0.2) is 72.8 Å². The molecule has 0 spiro atoms. The molecule has 0 radical (unpaired) electrons. The van der Waals surface area contributed by atoms with E-state index in [9.17, 15) is 14.0 Å². The van der Waals surface area contributed by atoms with Gasteiger partial charge in [-0.3, -0.25) is 4.79 Å². The molecule has 0 atom stereocenters. The van der Waals surface area contributed by atoms with E-state index in [2.05, 4.69) is 17.3 Å². The predicted molar refractivity (Wildman–Crippen MR) is 185 cm³/mol. The summed E-state index contributed by atoms with van der Waals surface area (Å²) in [5.74, 6) is -0.365. The Hall–Kier alpha value is -4.72. The lowest BCUT2D eigenvalue weighted by molar-refractivity contribution is 0.102. The summed E-state index contributed by atoms with van der Waals surface area (Å²) in [5, 5.41) is 9.51. The summed E-state index contributed by atoms with van der Waals surface area (Å²) in [4.78, 5) is 26.2. The van der Waals surface area contributed by atoms with Crippen LogP contribution >= 0.6 is 0 Å². The minimum absolute atomic E-state index is 0.240. The predicted octanol–water partition coefficient (Wildman–Crippen LogP) is 10.0. The third-order valence-corrected chi connectivity index (χ3v) is 8.48. The first-order chi connectivity index (χ1) is 22.4. The van der Waals surface area contributed by atoms with Gasteiger partial charge in [0.25, 0.3) is 5.91 Å². The molecule has 0 bridgehead atoms. The Balaban J connectivity index is 1.25. The number of nitrogens with two attached hydrogens (primary N) is 1. The molecule has 3 N–H and O–H groups in total. The number of nitrogens with one attached hydrogen (secondary N) is 1. The number of amides is 1. The molecule has 240 valence electrons. The zero-order chi connectivity index (χ0) is 32.5. The minimum Gasteiger partial charge on any atom is -0.448 e. The Morgan fingerprint density at radius 1 is 0.870 bits per heavy atom. The van der Waals surface area contributed by atoms with E-state index in [4.69, 9.17) is 10.5 Å². The summed E-state index contributed by atoms with van der Waals surface area (Å²) in [7, 11) is 0. The average molecular weight is 623 g/mol. The largest absolute Gasteiger partial charge is 0.448 e. The van der Waals surface area contributed by atoms with Crippen LogP contribution in [0.5, 0.6) is 0 Å². The first kappa shape index (κ1) is 32.7. The fourth-order valence-corrected chi connectivity index (χ4v) is 5.96. The second-order valence-corrected chi connectivity index (χ2v) is 12.0. The summed E-state index contributed by atoms with van der Waals surface area (Å²) in [5.41, 5.74) is 10.1. The number of rotatable bonds is 14. The fourth-order valence-electron chi connectivity index (χ4n) is 5.96. The van der Waals surface area contributed by atoms with Crippen LogP contribution in [0.1, 0.15) is 87.1 Å². The van der Waals surface area contributed by atoms with Crippen molar-refractivity contribution < 1.29 is 18.7 Å². The second kappa shape index (κ2) is 15.5.